The zero-order chi connectivity index (χ0) is 14.4. The Morgan fingerprint density at radius 1 is 1.45 bits per heavy atom. The maximum Gasteiger partial charge on any atom is 0.254 e. The smallest absolute Gasteiger partial charge is 0.254 e. The molecule has 0 aromatic heterocycles. The number of ether oxygens (including phenoxy) is 1. The molecule has 0 radical (unpaired) electrons. The lowest BCUT2D eigenvalue weighted by Gasteiger charge is -2.37. The summed E-state index contributed by atoms with van der Waals surface area (Å²) in [6, 6.07) is 7.95. The van der Waals surface area contributed by atoms with Crippen molar-refractivity contribution in [2.45, 2.75) is 38.6 Å². The highest BCUT2D eigenvalue weighted by Crippen LogP contribution is 2.27. The van der Waals surface area contributed by atoms with E-state index in [4.69, 9.17) is 4.74 Å². The molecule has 0 unspecified atom stereocenters. The highest BCUT2D eigenvalue weighted by Gasteiger charge is 2.28. The van der Waals surface area contributed by atoms with Gasteiger partial charge in [0.05, 0.1) is 6.61 Å². The van der Waals surface area contributed by atoms with E-state index in [0.29, 0.717) is 12.6 Å². The third-order valence-electron chi connectivity index (χ3n) is 3.66. The Kier molecular flexibility index (Phi) is 5.89. The second-order valence-corrected chi connectivity index (χ2v) is 5.94. The van der Waals surface area contributed by atoms with Gasteiger partial charge < -0.3 is 9.64 Å². The predicted octanol–water partition coefficient (Wildman–Crippen LogP) is 3.87. The van der Waals surface area contributed by atoms with Gasteiger partial charge in [-0.1, -0.05) is 28.9 Å². The van der Waals surface area contributed by atoms with Crippen molar-refractivity contribution < 1.29 is 9.53 Å². The van der Waals surface area contributed by atoms with E-state index in [-0.39, 0.29) is 5.91 Å². The van der Waals surface area contributed by atoms with Crippen molar-refractivity contribution >= 4 is 21.8 Å². The van der Waals surface area contributed by atoms with Crippen molar-refractivity contribution in [2.24, 2.45) is 0 Å². The first-order valence-corrected chi connectivity index (χ1v) is 8.48. The number of carbonyl (C=O) groups is 1. The van der Waals surface area contributed by atoms with Crippen molar-refractivity contribution in [3.8, 4) is 5.75 Å². The Labute approximate surface area is 129 Å². The number of halogens is 1. The molecule has 0 bridgehead atoms. The van der Waals surface area contributed by atoms with E-state index in [2.05, 4.69) is 22.9 Å². The number of benzene rings is 1. The summed E-state index contributed by atoms with van der Waals surface area (Å²) >= 11 is 3.44. The summed E-state index contributed by atoms with van der Waals surface area (Å²) in [5, 5.41) is 0.821. The largest absolute Gasteiger partial charge is 0.494 e. The summed E-state index contributed by atoms with van der Waals surface area (Å²) in [6.45, 7) is 3.53. The van der Waals surface area contributed by atoms with E-state index in [1.165, 1.54) is 6.42 Å². The van der Waals surface area contributed by atoms with Crippen LogP contribution in [0.25, 0.3) is 0 Å². The molecule has 0 atom stereocenters. The second-order valence-electron chi connectivity index (χ2n) is 5.15. The number of rotatable bonds is 7. The Bertz CT molecular complexity index is 446. The number of hydrogen-bond donors (Lipinski definition) is 0. The van der Waals surface area contributed by atoms with Crippen molar-refractivity contribution in [1.82, 2.24) is 4.90 Å². The maximum atomic E-state index is 12.6. The Balaban J connectivity index is 2.09. The van der Waals surface area contributed by atoms with Crippen molar-refractivity contribution in [2.75, 3.05) is 18.5 Å². The molecule has 110 valence electrons. The SMILES string of the molecule is CCCOc1cccc(C(=O)N(CCBr)C2CCC2)c1. The molecular formula is C16H22BrNO2. The lowest BCUT2D eigenvalue weighted by molar-refractivity contribution is 0.0599. The zero-order valence-corrected chi connectivity index (χ0v) is 13.6. The molecule has 2 rings (SSSR count). The Morgan fingerprint density at radius 3 is 2.85 bits per heavy atom. The standard InChI is InChI=1S/C16H22BrNO2/c1-2-11-20-15-8-3-5-13(12-15)16(19)18(10-9-17)14-6-4-7-14/h3,5,8,12,14H,2,4,6-7,9-11H2,1H3. The highest BCUT2D eigenvalue weighted by atomic mass is 79.9. The fourth-order valence-corrected chi connectivity index (χ4v) is 2.73. The van der Waals surface area contributed by atoms with Gasteiger partial charge in [0.15, 0.2) is 0 Å². The first-order valence-electron chi connectivity index (χ1n) is 7.36. The van der Waals surface area contributed by atoms with Crippen LogP contribution in [0.15, 0.2) is 24.3 Å². The van der Waals surface area contributed by atoms with Crippen LogP contribution in [0, 0.1) is 0 Å². The minimum Gasteiger partial charge on any atom is -0.494 e. The van der Waals surface area contributed by atoms with Crippen molar-refractivity contribution in [3.05, 3.63) is 29.8 Å². The number of alkyl halides is 1. The fourth-order valence-electron chi connectivity index (χ4n) is 2.34. The highest BCUT2D eigenvalue weighted by molar-refractivity contribution is 9.09. The minimum atomic E-state index is 0.121. The summed E-state index contributed by atoms with van der Waals surface area (Å²) in [4.78, 5) is 14.6. The van der Waals surface area contributed by atoms with Crippen LogP contribution in [-0.2, 0) is 0 Å². The molecule has 20 heavy (non-hydrogen) atoms. The Morgan fingerprint density at radius 2 is 2.25 bits per heavy atom. The number of nitrogens with zero attached hydrogens (tertiary/aromatic N) is 1. The van der Waals surface area contributed by atoms with E-state index in [1.807, 2.05) is 29.2 Å². The summed E-state index contributed by atoms with van der Waals surface area (Å²) in [5.41, 5.74) is 0.728. The molecule has 1 aromatic carbocycles. The van der Waals surface area contributed by atoms with Gasteiger partial charge in [-0.25, -0.2) is 0 Å². The monoisotopic (exact) mass is 339 g/mol. The lowest BCUT2D eigenvalue weighted by atomic mass is 9.91. The first-order chi connectivity index (χ1) is 9.76. The average Bonchev–Trinajstić information content (AvgIpc) is 2.42. The van der Waals surface area contributed by atoms with E-state index < -0.39 is 0 Å². The van der Waals surface area contributed by atoms with Crippen LogP contribution < -0.4 is 4.74 Å². The maximum absolute atomic E-state index is 12.6. The van der Waals surface area contributed by atoms with Crippen molar-refractivity contribution in [3.63, 3.8) is 0 Å². The molecule has 1 amide bonds. The molecule has 0 spiro atoms. The van der Waals surface area contributed by atoms with Gasteiger partial charge in [-0.15, -0.1) is 0 Å². The summed E-state index contributed by atoms with van der Waals surface area (Å²) in [7, 11) is 0. The van der Waals surface area contributed by atoms with Gasteiger partial charge in [0, 0.05) is 23.5 Å². The Hall–Kier alpha value is -1.03. The van der Waals surface area contributed by atoms with Crippen LogP contribution in [0.3, 0.4) is 0 Å². The first kappa shape index (κ1) is 15.4. The van der Waals surface area contributed by atoms with E-state index in [1.54, 1.807) is 0 Å². The molecule has 1 aliphatic carbocycles. The molecule has 1 fully saturated rings. The second kappa shape index (κ2) is 7.67. The third kappa shape index (κ3) is 3.75. The minimum absolute atomic E-state index is 0.121. The molecule has 1 aliphatic rings. The van der Waals surface area contributed by atoms with Crippen LogP contribution >= 0.6 is 15.9 Å². The molecule has 1 saturated carbocycles. The van der Waals surface area contributed by atoms with Gasteiger partial charge in [-0.05, 0) is 43.9 Å². The van der Waals surface area contributed by atoms with Crippen LogP contribution in [0.4, 0.5) is 0 Å². The topological polar surface area (TPSA) is 29.5 Å². The van der Waals surface area contributed by atoms with Crippen LogP contribution in [0.1, 0.15) is 43.0 Å². The normalized spacial score (nSPS) is 14.7. The molecule has 1 aromatic rings. The van der Waals surface area contributed by atoms with E-state index >= 15 is 0 Å². The quantitative estimate of drug-likeness (QED) is 0.706. The molecular weight excluding hydrogens is 318 g/mol. The van der Waals surface area contributed by atoms with Crippen LogP contribution in [0.5, 0.6) is 5.75 Å². The van der Waals surface area contributed by atoms with Crippen LogP contribution in [0.2, 0.25) is 0 Å². The average molecular weight is 340 g/mol. The zero-order valence-electron chi connectivity index (χ0n) is 12.0. The number of carbonyl (C=O) groups excluding carboxylic acids is 1. The predicted molar refractivity (Wildman–Crippen MR) is 84.7 cm³/mol. The molecule has 0 N–H and O–H groups in total. The lowest BCUT2D eigenvalue weighted by Crippen LogP contribution is -2.45. The number of amides is 1. The summed E-state index contributed by atoms with van der Waals surface area (Å²) in [6.07, 6.45) is 4.46. The summed E-state index contributed by atoms with van der Waals surface area (Å²) < 4.78 is 5.61. The summed E-state index contributed by atoms with van der Waals surface area (Å²) in [5.74, 6) is 0.904. The molecule has 4 heteroatoms. The van der Waals surface area contributed by atoms with Gasteiger partial charge in [-0.3, -0.25) is 4.79 Å². The van der Waals surface area contributed by atoms with Gasteiger partial charge in [0.1, 0.15) is 5.75 Å². The molecule has 0 heterocycles. The van der Waals surface area contributed by atoms with Gasteiger partial charge in [-0.2, -0.15) is 0 Å². The van der Waals surface area contributed by atoms with Gasteiger partial charge in [0.25, 0.3) is 5.91 Å². The van der Waals surface area contributed by atoms with E-state index in [9.17, 15) is 4.79 Å². The van der Waals surface area contributed by atoms with Crippen LogP contribution in [-0.4, -0.2) is 35.3 Å². The number of hydrogen-bond acceptors (Lipinski definition) is 2. The van der Waals surface area contributed by atoms with Gasteiger partial charge in [0.2, 0.25) is 0 Å². The molecule has 0 aliphatic heterocycles. The van der Waals surface area contributed by atoms with Crippen molar-refractivity contribution in [1.29, 1.82) is 0 Å². The molecule has 0 saturated heterocycles. The molecule has 3 nitrogen and oxygen atoms in total. The van der Waals surface area contributed by atoms with E-state index in [0.717, 1.165) is 42.5 Å². The van der Waals surface area contributed by atoms with Gasteiger partial charge >= 0.3 is 0 Å². The third-order valence-corrected chi connectivity index (χ3v) is 4.01. The fraction of sp³-hybridized carbons (Fsp3) is 0.562.